The number of ether oxygens (including phenoxy) is 1. The maximum Gasteiger partial charge on any atom is 0.325 e. The molecule has 150 valence electrons. The van der Waals surface area contributed by atoms with Crippen LogP contribution in [0.3, 0.4) is 0 Å². The van der Waals surface area contributed by atoms with Crippen LogP contribution < -0.4 is 5.32 Å². The molecule has 0 saturated carbocycles. The van der Waals surface area contributed by atoms with Gasteiger partial charge in [-0.15, -0.1) is 0 Å². The lowest BCUT2D eigenvalue weighted by Crippen LogP contribution is -2.64. The van der Waals surface area contributed by atoms with Gasteiger partial charge in [-0.2, -0.15) is 0 Å². The fourth-order valence-electron chi connectivity index (χ4n) is 4.04. The number of amidine groups is 1. The lowest BCUT2D eigenvalue weighted by atomic mass is 10.1. The number of aryl methyl sites for hydroxylation is 1. The van der Waals surface area contributed by atoms with Gasteiger partial charge in [-0.25, -0.2) is 9.79 Å². The molecule has 1 aromatic carbocycles. The minimum atomic E-state index is -0.450. The molecule has 2 saturated heterocycles. The number of likely N-dealkylation sites (N-methyl/N-ethyl adjacent to an activating group) is 1. The van der Waals surface area contributed by atoms with Gasteiger partial charge in [-0.3, -0.25) is 15.0 Å². The van der Waals surface area contributed by atoms with Crippen LogP contribution in [0.15, 0.2) is 35.3 Å². The van der Waals surface area contributed by atoms with Crippen LogP contribution in [-0.4, -0.2) is 91.1 Å². The third kappa shape index (κ3) is 3.88. The number of nitrogens with one attached hydrogen (secondary N) is 1. The van der Waals surface area contributed by atoms with Crippen molar-refractivity contribution >= 4 is 17.8 Å². The van der Waals surface area contributed by atoms with E-state index in [1.54, 1.807) is 7.05 Å². The van der Waals surface area contributed by atoms with E-state index in [0.29, 0.717) is 19.8 Å². The van der Waals surface area contributed by atoms with E-state index >= 15 is 0 Å². The SMILES string of the molecule is CN1C(=O)NC(=O)C2C1N=C(CN1CCOCC1)N2CCCc1ccccc1. The fraction of sp³-hybridized carbons (Fsp3) is 0.550. The van der Waals surface area contributed by atoms with Crippen molar-refractivity contribution in [3.8, 4) is 0 Å². The average Bonchev–Trinajstić information content (AvgIpc) is 3.07. The van der Waals surface area contributed by atoms with Gasteiger partial charge in [0.25, 0.3) is 5.91 Å². The summed E-state index contributed by atoms with van der Waals surface area (Å²) in [5, 5.41) is 2.46. The van der Waals surface area contributed by atoms with E-state index in [0.717, 1.165) is 38.3 Å². The lowest BCUT2D eigenvalue weighted by molar-refractivity contribution is -0.127. The highest BCUT2D eigenvalue weighted by Gasteiger charge is 2.48. The molecule has 0 spiro atoms. The molecule has 0 aromatic heterocycles. The maximum atomic E-state index is 12.6. The number of benzene rings is 1. The van der Waals surface area contributed by atoms with Gasteiger partial charge in [-0.05, 0) is 18.4 Å². The number of fused-ring (bicyclic) bond motifs is 1. The second kappa shape index (κ2) is 8.28. The summed E-state index contributed by atoms with van der Waals surface area (Å²) in [5.74, 6) is 0.634. The Labute approximate surface area is 165 Å². The predicted octanol–water partition coefficient (Wildman–Crippen LogP) is 0.542. The highest BCUT2D eigenvalue weighted by molar-refractivity contribution is 6.04. The minimum Gasteiger partial charge on any atom is -0.379 e. The van der Waals surface area contributed by atoms with E-state index in [-0.39, 0.29) is 11.9 Å². The molecule has 0 aliphatic carbocycles. The number of amides is 3. The monoisotopic (exact) mass is 385 g/mol. The van der Waals surface area contributed by atoms with Gasteiger partial charge in [0, 0.05) is 26.7 Å². The first kappa shape index (κ1) is 18.9. The summed E-state index contributed by atoms with van der Waals surface area (Å²) < 4.78 is 5.44. The molecule has 2 unspecified atom stereocenters. The molecule has 3 aliphatic heterocycles. The van der Waals surface area contributed by atoms with Crippen molar-refractivity contribution < 1.29 is 14.3 Å². The van der Waals surface area contributed by atoms with Gasteiger partial charge in [0.15, 0.2) is 12.2 Å². The van der Waals surface area contributed by atoms with Gasteiger partial charge < -0.3 is 14.5 Å². The van der Waals surface area contributed by atoms with Crippen molar-refractivity contribution in [2.24, 2.45) is 4.99 Å². The summed E-state index contributed by atoms with van der Waals surface area (Å²) >= 11 is 0. The molecule has 8 nitrogen and oxygen atoms in total. The zero-order chi connectivity index (χ0) is 19.5. The van der Waals surface area contributed by atoms with Crippen LogP contribution in [0.2, 0.25) is 0 Å². The molecule has 2 fully saturated rings. The van der Waals surface area contributed by atoms with Crippen molar-refractivity contribution in [3.05, 3.63) is 35.9 Å². The van der Waals surface area contributed by atoms with Crippen LogP contribution in [0.4, 0.5) is 4.79 Å². The van der Waals surface area contributed by atoms with Gasteiger partial charge >= 0.3 is 6.03 Å². The summed E-state index contributed by atoms with van der Waals surface area (Å²) in [6.07, 6.45) is 1.41. The third-order valence-electron chi connectivity index (χ3n) is 5.62. The number of aliphatic imine (C=N–C) groups is 1. The lowest BCUT2D eigenvalue weighted by Gasteiger charge is -2.37. The highest BCUT2D eigenvalue weighted by atomic mass is 16.5. The Bertz CT molecular complexity index is 747. The molecule has 0 bridgehead atoms. The first-order valence-corrected chi connectivity index (χ1v) is 9.88. The number of rotatable bonds is 6. The van der Waals surface area contributed by atoms with E-state index < -0.39 is 12.2 Å². The first-order valence-electron chi connectivity index (χ1n) is 9.88. The van der Waals surface area contributed by atoms with Crippen LogP contribution >= 0.6 is 0 Å². The van der Waals surface area contributed by atoms with Crippen LogP contribution in [0, 0.1) is 0 Å². The quantitative estimate of drug-likeness (QED) is 0.774. The Kier molecular flexibility index (Phi) is 5.59. The van der Waals surface area contributed by atoms with E-state index in [1.807, 2.05) is 18.2 Å². The molecule has 8 heteroatoms. The van der Waals surface area contributed by atoms with Gasteiger partial charge in [-0.1, -0.05) is 30.3 Å². The topological polar surface area (TPSA) is 77.5 Å². The number of carbonyl (C=O) groups is 2. The molecule has 3 heterocycles. The van der Waals surface area contributed by atoms with Crippen LogP contribution in [0.1, 0.15) is 12.0 Å². The van der Waals surface area contributed by atoms with Gasteiger partial charge in [0.2, 0.25) is 0 Å². The normalized spacial score (nSPS) is 25.5. The standard InChI is InChI=1S/C20H27N5O3/c1-23-18-17(19(26)22-20(23)27)25(9-5-8-15-6-3-2-4-7-15)16(21-18)14-24-10-12-28-13-11-24/h2-4,6-7,17-18H,5,8-14H2,1H3,(H,22,26,27). The number of morpholine rings is 1. The van der Waals surface area contributed by atoms with Crippen LogP contribution in [0.25, 0.3) is 0 Å². The average molecular weight is 385 g/mol. The molecule has 1 aromatic rings. The number of urea groups is 1. The van der Waals surface area contributed by atoms with Gasteiger partial charge in [0.05, 0.1) is 19.8 Å². The van der Waals surface area contributed by atoms with E-state index in [2.05, 4.69) is 27.2 Å². The van der Waals surface area contributed by atoms with Gasteiger partial charge in [0.1, 0.15) is 5.84 Å². The summed E-state index contributed by atoms with van der Waals surface area (Å²) in [7, 11) is 1.70. The molecule has 3 aliphatic rings. The number of carbonyl (C=O) groups excluding carboxylic acids is 2. The summed E-state index contributed by atoms with van der Waals surface area (Å²) in [6, 6.07) is 9.51. The van der Waals surface area contributed by atoms with Crippen molar-refractivity contribution in [2.45, 2.75) is 25.0 Å². The Morgan fingerprint density at radius 2 is 1.93 bits per heavy atom. The van der Waals surface area contributed by atoms with Crippen molar-refractivity contribution in [2.75, 3.05) is 46.4 Å². The third-order valence-corrected chi connectivity index (χ3v) is 5.62. The molecule has 2 atom stereocenters. The fourth-order valence-corrected chi connectivity index (χ4v) is 4.04. The number of imide groups is 1. The maximum absolute atomic E-state index is 12.6. The summed E-state index contributed by atoms with van der Waals surface area (Å²) in [4.78, 5) is 35.4. The van der Waals surface area contributed by atoms with E-state index in [1.165, 1.54) is 10.5 Å². The van der Waals surface area contributed by atoms with E-state index in [4.69, 9.17) is 9.73 Å². The largest absolute Gasteiger partial charge is 0.379 e. The molecular formula is C20H27N5O3. The smallest absolute Gasteiger partial charge is 0.325 e. The Balaban J connectivity index is 1.48. The Morgan fingerprint density at radius 1 is 1.18 bits per heavy atom. The molecular weight excluding hydrogens is 358 g/mol. The molecule has 0 radical (unpaired) electrons. The first-order chi connectivity index (χ1) is 13.6. The molecule has 4 rings (SSSR count). The Morgan fingerprint density at radius 3 is 2.68 bits per heavy atom. The predicted molar refractivity (Wildman–Crippen MR) is 105 cm³/mol. The van der Waals surface area contributed by atoms with Crippen molar-refractivity contribution in [1.29, 1.82) is 0 Å². The summed E-state index contributed by atoms with van der Waals surface area (Å²) in [6.45, 7) is 4.55. The zero-order valence-electron chi connectivity index (χ0n) is 16.2. The van der Waals surface area contributed by atoms with Crippen molar-refractivity contribution in [1.82, 2.24) is 20.0 Å². The van der Waals surface area contributed by atoms with Crippen LogP contribution in [0.5, 0.6) is 0 Å². The number of hydrogen-bond donors (Lipinski definition) is 1. The van der Waals surface area contributed by atoms with Crippen molar-refractivity contribution in [3.63, 3.8) is 0 Å². The number of hydrogen-bond acceptors (Lipinski definition) is 6. The van der Waals surface area contributed by atoms with Crippen LogP contribution in [-0.2, 0) is 16.0 Å². The summed E-state index contributed by atoms with van der Waals surface area (Å²) in [5.41, 5.74) is 1.28. The second-order valence-electron chi connectivity index (χ2n) is 7.48. The molecule has 28 heavy (non-hydrogen) atoms. The Hall–Kier alpha value is -2.45. The molecule has 3 amide bonds. The minimum absolute atomic E-state index is 0.256. The second-order valence-corrected chi connectivity index (χ2v) is 7.48. The zero-order valence-corrected chi connectivity index (χ0v) is 16.2. The number of nitrogens with zero attached hydrogens (tertiary/aromatic N) is 4. The van der Waals surface area contributed by atoms with E-state index in [9.17, 15) is 9.59 Å². The highest BCUT2D eigenvalue weighted by Crippen LogP contribution is 2.25. The molecule has 1 N–H and O–H groups in total.